The van der Waals surface area contributed by atoms with Crippen LogP contribution in [-0.4, -0.2) is 36.4 Å². The molecule has 0 aromatic carbocycles. The summed E-state index contributed by atoms with van der Waals surface area (Å²) >= 11 is 0. The van der Waals surface area contributed by atoms with Crippen molar-refractivity contribution in [1.29, 1.82) is 0 Å². The van der Waals surface area contributed by atoms with Crippen molar-refractivity contribution >= 4 is 11.9 Å². The molecule has 4 aliphatic rings. The SMILES string of the molecule is COC(=O)CCC[C@@H](C)C1CCC2C3CC=C4[C@@H](O)[C@@H](OC(C)=O)CC[C@]4(C)C3CC[C@@]21C. The maximum atomic E-state index is 11.5. The molecule has 0 radical (unpaired) electrons. The van der Waals surface area contributed by atoms with Gasteiger partial charge in [-0.15, -0.1) is 0 Å². The highest BCUT2D eigenvalue weighted by Crippen LogP contribution is 2.67. The molecule has 0 aromatic rings. The normalized spacial score (nSPS) is 42.9. The molecule has 3 saturated carbocycles. The molecule has 5 nitrogen and oxygen atoms in total. The van der Waals surface area contributed by atoms with Gasteiger partial charge in [0.1, 0.15) is 12.2 Å². The van der Waals surface area contributed by atoms with Gasteiger partial charge in [-0.05, 0) is 104 Å². The Bertz CT molecular complexity index is 789. The van der Waals surface area contributed by atoms with Gasteiger partial charge in [0.15, 0.2) is 0 Å². The molecule has 0 bridgehead atoms. The molecular weight excluding hydrogens is 416 g/mol. The van der Waals surface area contributed by atoms with E-state index in [2.05, 4.69) is 26.8 Å². The number of carbonyl (C=O) groups is 2. The van der Waals surface area contributed by atoms with Crippen molar-refractivity contribution in [2.75, 3.05) is 7.11 Å². The van der Waals surface area contributed by atoms with E-state index in [1.807, 2.05) is 0 Å². The smallest absolute Gasteiger partial charge is 0.305 e. The van der Waals surface area contributed by atoms with Gasteiger partial charge in [0, 0.05) is 13.3 Å². The Balaban J connectivity index is 1.48. The Morgan fingerprint density at radius 3 is 2.61 bits per heavy atom. The van der Waals surface area contributed by atoms with E-state index < -0.39 is 12.2 Å². The van der Waals surface area contributed by atoms with Gasteiger partial charge in [-0.3, -0.25) is 9.59 Å². The van der Waals surface area contributed by atoms with E-state index in [1.165, 1.54) is 39.7 Å². The zero-order chi connectivity index (χ0) is 24.0. The van der Waals surface area contributed by atoms with Gasteiger partial charge in [0.2, 0.25) is 0 Å². The van der Waals surface area contributed by atoms with E-state index in [0.29, 0.717) is 29.6 Å². The van der Waals surface area contributed by atoms with Crippen molar-refractivity contribution in [2.24, 2.45) is 40.4 Å². The Labute approximate surface area is 199 Å². The quantitative estimate of drug-likeness (QED) is 0.422. The van der Waals surface area contributed by atoms with Gasteiger partial charge in [0.05, 0.1) is 7.11 Å². The van der Waals surface area contributed by atoms with Crippen LogP contribution in [-0.2, 0) is 19.1 Å². The largest absolute Gasteiger partial charge is 0.469 e. The summed E-state index contributed by atoms with van der Waals surface area (Å²) in [6.07, 6.45) is 11.7. The van der Waals surface area contributed by atoms with Crippen LogP contribution in [0.3, 0.4) is 0 Å². The summed E-state index contributed by atoms with van der Waals surface area (Å²) in [7, 11) is 1.47. The summed E-state index contributed by atoms with van der Waals surface area (Å²) in [6.45, 7) is 8.75. The van der Waals surface area contributed by atoms with E-state index in [0.717, 1.165) is 49.5 Å². The van der Waals surface area contributed by atoms with Crippen LogP contribution < -0.4 is 0 Å². The third-order valence-electron chi connectivity index (χ3n) is 10.5. The monoisotopic (exact) mass is 460 g/mol. The van der Waals surface area contributed by atoms with Crippen LogP contribution in [0.5, 0.6) is 0 Å². The lowest BCUT2D eigenvalue weighted by molar-refractivity contribution is -0.156. The first-order chi connectivity index (χ1) is 15.6. The standard InChI is InChI=1S/C28H44O5/c1-17(7-6-8-25(30)32-5)20-11-12-21-19-9-10-23-26(31)24(33-18(2)29)14-16-28(23,4)22(19)13-15-27(20,21)3/h10,17,19-22,24,26,31H,6-9,11-16H2,1-5H3/t17-,19?,20?,21?,22?,24+,26-,27-,28-/m1/s1. The minimum atomic E-state index is -0.659. The van der Waals surface area contributed by atoms with E-state index in [9.17, 15) is 14.7 Å². The molecular formula is C28H44O5. The third kappa shape index (κ3) is 4.28. The van der Waals surface area contributed by atoms with Crippen molar-refractivity contribution in [3.8, 4) is 0 Å². The maximum absolute atomic E-state index is 11.5. The molecule has 33 heavy (non-hydrogen) atoms. The summed E-state index contributed by atoms with van der Waals surface area (Å²) < 4.78 is 10.3. The first-order valence-corrected chi connectivity index (χ1v) is 13.2. The average Bonchev–Trinajstić information content (AvgIpc) is 3.12. The summed E-state index contributed by atoms with van der Waals surface area (Å²) in [5, 5.41) is 11.1. The van der Waals surface area contributed by atoms with Gasteiger partial charge in [-0.2, -0.15) is 0 Å². The Kier molecular flexibility index (Phi) is 7.02. The lowest BCUT2D eigenvalue weighted by atomic mass is 9.46. The first-order valence-electron chi connectivity index (χ1n) is 13.2. The number of aliphatic hydroxyl groups is 1. The first kappa shape index (κ1) is 24.8. The Hall–Kier alpha value is -1.36. The van der Waals surface area contributed by atoms with Crippen LogP contribution in [0.15, 0.2) is 11.6 Å². The van der Waals surface area contributed by atoms with E-state index in [-0.39, 0.29) is 17.4 Å². The second kappa shape index (κ2) is 9.36. The summed E-state index contributed by atoms with van der Waals surface area (Å²) in [5.41, 5.74) is 1.53. The van der Waals surface area contributed by atoms with Gasteiger partial charge in [-0.25, -0.2) is 0 Å². The van der Waals surface area contributed by atoms with Crippen LogP contribution in [0.25, 0.3) is 0 Å². The molecule has 4 unspecified atom stereocenters. The van der Waals surface area contributed by atoms with Crippen molar-refractivity contribution < 1.29 is 24.2 Å². The van der Waals surface area contributed by atoms with Gasteiger partial charge < -0.3 is 14.6 Å². The Morgan fingerprint density at radius 2 is 1.91 bits per heavy atom. The molecule has 0 saturated heterocycles. The summed E-state index contributed by atoms with van der Waals surface area (Å²) in [4.78, 5) is 23.0. The molecule has 5 heteroatoms. The van der Waals surface area contributed by atoms with Crippen molar-refractivity contribution in [3.63, 3.8) is 0 Å². The molecule has 3 fully saturated rings. The van der Waals surface area contributed by atoms with Crippen LogP contribution in [0.2, 0.25) is 0 Å². The van der Waals surface area contributed by atoms with Crippen molar-refractivity contribution in [3.05, 3.63) is 11.6 Å². The van der Waals surface area contributed by atoms with Gasteiger partial charge in [0.25, 0.3) is 0 Å². The molecule has 4 rings (SSSR count). The minimum absolute atomic E-state index is 0.0184. The van der Waals surface area contributed by atoms with E-state index in [4.69, 9.17) is 9.47 Å². The van der Waals surface area contributed by atoms with Crippen molar-refractivity contribution in [2.45, 2.75) is 104 Å². The summed E-state index contributed by atoms with van der Waals surface area (Å²) in [6, 6.07) is 0. The minimum Gasteiger partial charge on any atom is -0.469 e. The molecule has 9 atom stereocenters. The third-order valence-corrected chi connectivity index (χ3v) is 10.5. The number of allylic oxidation sites excluding steroid dienone is 1. The number of esters is 2. The number of hydrogen-bond donors (Lipinski definition) is 1. The summed E-state index contributed by atoms with van der Waals surface area (Å²) in [5.74, 6) is 2.99. The fourth-order valence-electron chi connectivity index (χ4n) is 8.89. The highest BCUT2D eigenvalue weighted by atomic mass is 16.6. The van der Waals surface area contributed by atoms with Crippen LogP contribution >= 0.6 is 0 Å². The Morgan fingerprint density at radius 1 is 1.15 bits per heavy atom. The molecule has 0 amide bonds. The predicted molar refractivity (Wildman–Crippen MR) is 127 cm³/mol. The van der Waals surface area contributed by atoms with Crippen molar-refractivity contribution in [1.82, 2.24) is 0 Å². The highest BCUT2D eigenvalue weighted by Gasteiger charge is 2.60. The molecule has 0 aromatic heterocycles. The second-order valence-electron chi connectivity index (χ2n) is 12.0. The molecule has 0 spiro atoms. The topological polar surface area (TPSA) is 72.8 Å². The molecule has 186 valence electrons. The number of hydrogen-bond acceptors (Lipinski definition) is 5. The maximum Gasteiger partial charge on any atom is 0.305 e. The van der Waals surface area contributed by atoms with Crippen LogP contribution in [0.1, 0.15) is 91.9 Å². The highest BCUT2D eigenvalue weighted by molar-refractivity contribution is 5.69. The molecule has 0 aliphatic heterocycles. The number of ether oxygens (including phenoxy) is 2. The fraction of sp³-hybridized carbons (Fsp3) is 0.857. The van der Waals surface area contributed by atoms with E-state index in [1.54, 1.807) is 0 Å². The lowest BCUT2D eigenvalue weighted by Crippen LogP contribution is -2.54. The number of aliphatic hydroxyl groups excluding tert-OH is 1. The number of rotatable bonds is 6. The van der Waals surface area contributed by atoms with Gasteiger partial charge in [-0.1, -0.05) is 26.8 Å². The number of fused-ring (bicyclic) bond motifs is 5. The fourth-order valence-corrected chi connectivity index (χ4v) is 8.89. The average molecular weight is 461 g/mol. The van der Waals surface area contributed by atoms with Gasteiger partial charge >= 0.3 is 11.9 Å². The van der Waals surface area contributed by atoms with E-state index >= 15 is 0 Å². The molecule has 0 heterocycles. The zero-order valence-corrected chi connectivity index (χ0v) is 21.3. The number of methoxy groups -OCH3 is 1. The zero-order valence-electron chi connectivity index (χ0n) is 21.3. The predicted octanol–water partition coefficient (Wildman–Crippen LogP) is 5.45. The lowest BCUT2D eigenvalue weighted by Gasteiger charge is -2.59. The molecule has 4 aliphatic carbocycles. The molecule has 1 N–H and O–H groups in total. The number of carbonyl (C=O) groups excluding carboxylic acids is 2. The van der Waals surface area contributed by atoms with Crippen LogP contribution in [0.4, 0.5) is 0 Å². The van der Waals surface area contributed by atoms with Crippen LogP contribution in [0, 0.1) is 40.4 Å². The second-order valence-corrected chi connectivity index (χ2v) is 12.0.